The Balaban J connectivity index is 1.88. The molecule has 20 heavy (non-hydrogen) atoms. The van der Waals surface area contributed by atoms with Crippen molar-refractivity contribution in [3.63, 3.8) is 0 Å². The molecule has 1 fully saturated rings. The van der Waals surface area contributed by atoms with E-state index in [9.17, 15) is 19.1 Å². The van der Waals surface area contributed by atoms with Gasteiger partial charge in [0.25, 0.3) is 0 Å². The smallest absolute Gasteiger partial charge is 0.225 e. The Hall–Kier alpha value is -1.95. The van der Waals surface area contributed by atoms with Gasteiger partial charge in [-0.2, -0.15) is 0 Å². The van der Waals surface area contributed by atoms with E-state index in [2.05, 4.69) is 5.32 Å². The van der Waals surface area contributed by atoms with E-state index in [0.717, 1.165) is 0 Å². The number of hydrogen-bond donors (Lipinski definition) is 2. The van der Waals surface area contributed by atoms with E-state index in [4.69, 9.17) is 0 Å². The second-order valence-corrected chi connectivity index (χ2v) is 4.96. The van der Waals surface area contributed by atoms with Crippen molar-refractivity contribution in [1.29, 1.82) is 0 Å². The molecular weight excluding hydrogens is 263 g/mol. The Kier molecular flexibility index (Phi) is 4.34. The van der Waals surface area contributed by atoms with Crippen molar-refractivity contribution in [2.75, 3.05) is 20.1 Å². The van der Waals surface area contributed by atoms with Gasteiger partial charge >= 0.3 is 0 Å². The first kappa shape index (κ1) is 14.5. The summed E-state index contributed by atoms with van der Waals surface area (Å²) in [5, 5.41) is 12.4. The molecule has 6 heteroatoms. The van der Waals surface area contributed by atoms with Gasteiger partial charge in [0, 0.05) is 32.1 Å². The Morgan fingerprint density at radius 1 is 1.55 bits per heavy atom. The molecule has 2 unspecified atom stereocenters. The number of nitrogens with one attached hydrogen (secondary N) is 1. The zero-order valence-corrected chi connectivity index (χ0v) is 11.2. The third-order valence-corrected chi connectivity index (χ3v) is 3.45. The van der Waals surface area contributed by atoms with Crippen molar-refractivity contribution in [3.8, 4) is 0 Å². The van der Waals surface area contributed by atoms with E-state index in [1.165, 1.54) is 23.1 Å². The summed E-state index contributed by atoms with van der Waals surface area (Å²) in [5.74, 6) is -1.27. The fraction of sp³-hybridized carbons (Fsp3) is 0.429. The highest BCUT2D eigenvalue weighted by atomic mass is 19.1. The minimum atomic E-state index is -1.10. The molecule has 1 heterocycles. The Bertz CT molecular complexity index is 521. The summed E-state index contributed by atoms with van der Waals surface area (Å²) in [5.41, 5.74) is 0.146. The molecule has 1 aliphatic rings. The lowest BCUT2D eigenvalue weighted by molar-refractivity contribution is -0.128. The van der Waals surface area contributed by atoms with Crippen LogP contribution in [-0.2, 0) is 9.59 Å². The first-order chi connectivity index (χ1) is 9.49. The van der Waals surface area contributed by atoms with Crippen LogP contribution in [0.1, 0.15) is 18.1 Å². The Labute approximate surface area is 116 Å². The van der Waals surface area contributed by atoms with Gasteiger partial charge < -0.3 is 15.3 Å². The number of nitrogens with zero attached hydrogens (tertiary/aromatic N) is 1. The number of amides is 2. The molecule has 108 valence electrons. The van der Waals surface area contributed by atoms with Gasteiger partial charge in [-0.25, -0.2) is 4.39 Å². The van der Waals surface area contributed by atoms with Gasteiger partial charge in [-0.3, -0.25) is 9.59 Å². The lowest BCUT2D eigenvalue weighted by Gasteiger charge is -2.15. The lowest BCUT2D eigenvalue weighted by Crippen LogP contribution is -2.35. The average molecular weight is 280 g/mol. The van der Waals surface area contributed by atoms with Crippen LogP contribution < -0.4 is 5.32 Å². The van der Waals surface area contributed by atoms with Crippen LogP contribution in [0.2, 0.25) is 0 Å². The third kappa shape index (κ3) is 3.14. The highest BCUT2D eigenvalue weighted by Gasteiger charge is 2.32. The maximum atomic E-state index is 13.4. The normalized spacial score (nSPS) is 20.1. The Morgan fingerprint density at radius 3 is 2.85 bits per heavy atom. The van der Waals surface area contributed by atoms with Crippen molar-refractivity contribution in [1.82, 2.24) is 10.2 Å². The van der Waals surface area contributed by atoms with Crippen LogP contribution in [0.5, 0.6) is 0 Å². The van der Waals surface area contributed by atoms with Gasteiger partial charge in [0.05, 0.1) is 12.0 Å². The molecule has 2 amide bonds. The number of carbonyl (C=O) groups is 2. The fourth-order valence-corrected chi connectivity index (χ4v) is 2.24. The zero-order chi connectivity index (χ0) is 14.7. The maximum absolute atomic E-state index is 13.4. The Morgan fingerprint density at radius 2 is 2.25 bits per heavy atom. The van der Waals surface area contributed by atoms with Crippen molar-refractivity contribution < 1.29 is 19.1 Å². The molecule has 0 radical (unpaired) electrons. The topological polar surface area (TPSA) is 69.6 Å². The lowest BCUT2D eigenvalue weighted by atomic mass is 10.1. The molecule has 0 spiro atoms. The molecular formula is C14H17FN2O3. The highest BCUT2D eigenvalue weighted by molar-refractivity contribution is 5.89. The largest absolute Gasteiger partial charge is 0.386 e. The number of hydrogen-bond acceptors (Lipinski definition) is 3. The van der Waals surface area contributed by atoms with Crippen LogP contribution in [0, 0.1) is 11.7 Å². The molecule has 0 saturated carbocycles. The molecule has 2 atom stereocenters. The fourth-order valence-electron chi connectivity index (χ4n) is 2.24. The molecule has 1 aromatic rings. The summed E-state index contributed by atoms with van der Waals surface area (Å²) in [4.78, 5) is 24.7. The van der Waals surface area contributed by atoms with Crippen LogP contribution >= 0.6 is 0 Å². The average Bonchev–Trinajstić information content (AvgIpc) is 2.76. The van der Waals surface area contributed by atoms with Crippen LogP contribution in [0.4, 0.5) is 4.39 Å². The second kappa shape index (κ2) is 6.00. The van der Waals surface area contributed by atoms with Gasteiger partial charge in [-0.15, -0.1) is 0 Å². The maximum Gasteiger partial charge on any atom is 0.225 e. The van der Waals surface area contributed by atoms with Crippen molar-refractivity contribution in [3.05, 3.63) is 35.6 Å². The number of aliphatic hydroxyl groups excluding tert-OH is 1. The van der Waals surface area contributed by atoms with Crippen LogP contribution in [-0.4, -0.2) is 42.0 Å². The second-order valence-electron chi connectivity index (χ2n) is 4.96. The van der Waals surface area contributed by atoms with E-state index < -0.39 is 17.8 Å². The summed E-state index contributed by atoms with van der Waals surface area (Å²) in [7, 11) is 1.64. The van der Waals surface area contributed by atoms with E-state index >= 15 is 0 Å². The van der Waals surface area contributed by atoms with Gasteiger partial charge in [0.2, 0.25) is 11.8 Å². The van der Waals surface area contributed by atoms with Crippen molar-refractivity contribution >= 4 is 11.8 Å². The van der Waals surface area contributed by atoms with E-state index in [0.29, 0.717) is 6.54 Å². The SMILES string of the molecule is CN1CC(C(=O)NCC(O)c2ccccc2F)CC1=O. The van der Waals surface area contributed by atoms with Crippen molar-refractivity contribution in [2.45, 2.75) is 12.5 Å². The summed E-state index contributed by atoms with van der Waals surface area (Å²) in [6.45, 7) is 0.300. The zero-order valence-electron chi connectivity index (χ0n) is 11.2. The monoisotopic (exact) mass is 280 g/mol. The molecule has 2 rings (SSSR count). The van der Waals surface area contributed by atoms with E-state index in [1.54, 1.807) is 13.1 Å². The molecule has 0 aromatic heterocycles. The number of halogens is 1. The predicted molar refractivity (Wildman–Crippen MR) is 70.1 cm³/mol. The van der Waals surface area contributed by atoms with Crippen molar-refractivity contribution in [2.24, 2.45) is 5.92 Å². The molecule has 2 N–H and O–H groups in total. The predicted octanol–water partition coefficient (Wildman–Crippen LogP) is 0.454. The number of aliphatic hydroxyl groups is 1. The summed E-state index contributed by atoms with van der Waals surface area (Å²) >= 11 is 0. The van der Waals surface area contributed by atoms with Gasteiger partial charge in [-0.1, -0.05) is 18.2 Å². The number of likely N-dealkylation sites (tertiary alicyclic amines) is 1. The quantitative estimate of drug-likeness (QED) is 0.841. The standard InChI is InChI=1S/C14H17FN2O3/c1-17-8-9(6-13(17)19)14(20)16-7-12(18)10-4-2-3-5-11(10)15/h2-5,9,12,18H,6-8H2,1H3,(H,16,20). The third-order valence-electron chi connectivity index (χ3n) is 3.45. The van der Waals surface area contributed by atoms with Gasteiger partial charge in [0.15, 0.2) is 0 Å². The minimum absolute atomic E-state index is 0.0696. The van der Waals surface area contributed by atoms with Crippen LogP contribution in [0.15, 0.2) is 24.3 Å². The number of benzene rings is 1. The molecule has 0 aliphatic carbocycles. The summed E-state index contributed by atoms with van der Waals surface area (Å²) in [6.07, 6.45) is -0.923. The van der Waals surface area contributed by atoms with Gasteiger partial charge in [0.1, 0.15) is 5.82 Å². The summed E-state index contributed by atoms with van der Waals surface area (Å²) in [6, 6.07) is 5.88. The molecule has 1 aromatic carbocycles. The first-order valence-electron chi connectivity index (χ1n) is 6.43. The van der Waals surface area contributed by atoms with E-state index in [1.807, 2.05) is 0 Å². The van der Waals surface area contributed by atoms with Gasteiger partial charge in [-0.05, 0) is 6.07 Å². The van der Waals surface area contributed by atoms with E-state index in [-0.39, 0.29) is 30.3 Å². The first-order valence-corrected chi connectivity index (χ1v) is 6.43. The molecule has 5 nitrogen and oxygen atoms in total. The molecule has 1 aliphatic heterocycles. The van der Waals surface area contributed by atoms with Crippen LogP contribution in [0.25, 0.3) is 0 Å². The highest BCUT2D eigenvalue weighted by Crippen LogP contribution is 2.18. The number of carbonyl (C=O) groups excluding carboxylic acids is 2. The summed E-state index contributed by atoms with van der Waals surface area (Å²) < 4.78 is 13.4. The molecule has 1 saturated heterocycles. The number of rotatable bonds is 4. The minimum Gasteiger partial charge on any atom is -0.386 e. The van der Waals surface area contributed by atoms with Crippen LogP contribution in [0.3, 0.4) is 0 Å². The molecule has 0 bridgehead atoms.